The van der Waals surface area contributed by atoms with Crippen LogP contribution in [0.25, 0.3) is 0 Å². The maximum Gasteiger partial charge on any atom is 0.258 e. The van der Waals surface area contributed by atoms with Gasteiger partial charge in [0.25, 0.3) is 5.91 Å². The molecular weight excluding hydrogens is 403 g/mol. The highest BCUT2D eigenvalue weighted by molar-refractivity contribution is 6.06. The van der Waals surface area contributed by atoms with E-state index in [0.29, 0.717) is 24.7 Å². The summed E-state index contributed by atoms with van der Waals surface area (Å²) >= 11 is 0. The van der Waals surface area contributed by atoms with Crippen molar-refractivity contribution in [1.29, 1.82) is 0 Å². The number of nitrogens with zero attached hydrogens (tertiary/aromatic N) is 1. The Labute approximate surface area is 189 Å². The lowest BCUT2D eigenvalue weighted by molar-refractivity contribution is -0.120. The molecule has 32 heavy (non-hydrogen) atoms. The predicted molar refractivity (Wildman–Crippen MR) is 126 cm³/mol. The van der Waals surface area contributed by atoms with Crippen LogP contribution >= 0.6 is 0 Å². The normalized spacial score (nSPS) is 10.8. The minimum atomic E-state index is -0.457. The number of carbonyl (C=O) groups excluding carboxylic acids is 2. The van der Waals surface area contributed by atoms with E-state index in [1.165, 1.54) is 18.2 Å². The molecule has 0 heterocycles. The fraction of sp³-hybridized carbons (Fsp3) is 0.259. The molecule has 2 amide bonds. The van der Waals surface area contributed by atoms with Gasteiger partial charge in [0, 0.05) is 17.8 Å². The molecule has 3 rings (SSSR count). The molecule has 4 nitrogen and oxygen atoms in total. The smallest absolute Gasteiger partial charge is 0.258 e. The molecule has 0 atom stereocenters. The van der Waals surface area contributed by atoms with Gasteiger partial charge in [0.05, 0.1) is 13.0 Å². The molecule has 0 saturated carbocycles. The van der Waals surface area contributed by atoms with Gasteiger partial charge in [0.15, 0.2) is 0 Å². The Balaban J connectivity index is 1.89. The predicted octanol–water partition coefficient (Wildman–Crippen LogP) is 5.30. The SMILES string of the molecule is Cc1ccc(CN(C(=O)c2cccc(F)c2)c2cccc(CC(=O)NCC(C)C)c2)cc1. The Hall–Kier alpha value is -3.47. The zero-order valence-electron chi connectivity index (χ0n) is 18.8. The maximum atomic E-state index is 13.8. The van der Waals surface area contributed by atoms with E-state index in [9.17, 15) is 14.0 Å². The molecule has 0 radical (unpaired) electrons. The summed E-state index contributed by atoms with van der Waals surface area (Å²) in [4.78, 5) is 27.3. The summed E-state index contributed by atoms with van der Waals surface area (Å²) in [7, 11) is 0. The van der Waals surface area contributed by atoms with E-state index < -0.39 is 5.82 Å². The van der Waals surface area contributed by atoms with Crippen LogP contribution in [0.2, 0.25) is 0 Å². The van der Waals surface area contributed by atoms with Crippen molar-refractivity contribution in [3.63, 3.8) is 0 Å². The maximum absolute atomic E-state index is 13.8. The van der Waals surface area contributed by atoms with E-state index in [2.05, 4.69) is 5.32 Å². The lowest BCUT2D eigenvalue weighted by Gasteiger charge is -2.24. The molecule has 1 N–H and O–H groups in total. The van der Waals surface area contributed by atoms with Gasteiger partial charge in [-0.1, -0.05) is 61.9 Å². The summed E-state index contributed by atoms with van der Waals surface area (Å²) in [5, 5.41) is 2.92. The van der Waals surface area contributed by atoms with Crippen molar-refractivity contribution < 1.29 is 14.0 Å². The number of aryl methyl sites for hydroxylation is 1. The number of hydrogen-bond donors (Lipinski definition) is 1. The van der Waals surface area contributed by atoms with Crippen LogP contribution in [-0.4, -0.2) is 18.4 Å². The minimum absolute atomic E-state index is 0.0580. The van der Waals surface area contributed by atoms with Gasteiger partial charge in [-0.3, -0.25) is 9.59 Å². The third-order valence-corrected chi connectivity index (χ3v) is 5.07. The number of benzene rings is 3. The average molecular weight is 433 g/mol. The molecule has 0 fully saturated rings. The zero-order chi connectivity index (χ0) is 23.1. The second kappa shape index (κ2) is 10.7. The molecule has 5 heteroatoms. The van der Waals surface area contributed by atoms with Crippen LogP contribution in [0.15, 0.2) is 72.8 Å². The van der Waals surface area contributed by atoms with Crippen molar-refractivity contribution in [2.45, 2.75) is 33.7 Å². The third kappa shape index (κ3) is 6.51. The highest BCUT2D eigenvalue weighted by Gasteiger charge is 2.19. The van der Waals surface area contributed by atoms with Crippen molar-refractivity contribution in [1.82, 2.24) is 5.32 Å². The zero-order valence-corrected chi connectivity index (χ0v) is 18.8. The van der Waals surface area contributed by atoms with Crippen molar-refractivity contribution >= 4 is 17.5 Å². The largest absolute Gasteiger partial charge is 0.356 e. The summed E-state index contributed by atoms with van der Waals surface area (Å²) in [6, 6.07) is 21.0. The van der Waals surface area contributed by atoms with E-state index >= 15 is 0 Å². The number of hydrogen-bond acceptors (Lipinski definition) is 2. The molecule has 0 saturated heterocycles. The monoisotopic (exact) mass is 432 g/mol. The van der Waals surface area contributed by atoms with Crippen molar-refractivity contribution in [2.24, 2.45) is 5.92 Å². The molecule has 0 aliphatic heterocycles. The van der Waals surface area contributed by atoms with E-state index in [4.69, 9.17) is 0 Å². The molecule has 0 aliphatic rings. The Morgan fingerprint density at radius 2 is 1.66 bits per heavy atom. The molecule has 0 aliphatic carbocycles. The molecule has 0 unspecified atom stereocenters. The van der Waals surface area contributed by atoms with Crippen LogP contribution in [0.5, 0.6) is 0 Å². The van der Waals surface area contributed by atoms with Gasteiger partial charge in [0.1, 0.15) is 5.82 Å². The van der Waals surface area contributed by atoms with Gasteiger partial charge in [-0.25, -0.2) is 4.39 Å². The Kier molecular flexibility index (Phi) is 7.77. The summed E-state index contributed by atoms with van der Waals surface area (Å²) in [5.41, 5.74) is 3.84. The van der Waals surface area contributed by atoms with Crippen LogP contribution in [0.1, 0.15) is 40.9 Å². The molecular formula is C27H29FN2O2. The van der Waals surface area contributed by atoms with Crippen LogP contribution in [0.4, 0.5) is 10.1 Å². The average Bonchev–Trinajstić information content (AvgIpc) is 2.77. The van der Waals surface area contributed by atoms with E-state index in [-0.39, 0.29) is 23.8 Å². The highest BCUT2D eigenvalue weighted by Crippen LogP contribution is 2.23. The number of amides is 2. The van der Waals surface area contributed by atoms with Gasteiger partial charge in [-0.15, -0.1) is 0 Å². The Morgan fingerprint density at radius 1 is 0.938 bits per heavy atom. The Bertz CT molecular complexity index is 1080. The quantitative estimate of drug-likeness (QED) is 0.525. The first-order chi connectivity index (χ1) is 15.3. The fourth-order valence-corrected chi connectivity index (χ4v) is 3.33. The van der Waals surface area contributed by atoms with Crippen LogP contribution in [-0.2, 0) is 17.8 Å². The van der Waals surface area contributed by atoms with Crippen molar-refractivity contribution in [3.05, 3.63) is 101 Å². The summed E-state index contributed by atoms with van der Waals surface area (Å²) in [5.74, 6) is -0.440. The van der Waals surface area contributed by atoms with E-state index in [1.54, 1.807) is 11.0 Å². The van der Waals surface area contributed by atoms with Crippen LogP contribution in [0.3, 0.4) is 0 Å². The molecule has 0 bridgehead atoms. The molecule has 3 aromatic rings. The number of anilines is 1. The topological polar surface area (TPSA) is 49.4 Å². The highest BCUT2D eigenvalue weighted by atomic mass is 19.1. The van der Waals surface area contributed by atoms with Gasteiger partial charge >= 0.3 is 0 Å². The van der Waals surface area contributed by atoms with Gasteiger partial charge < -0.3 is 10.2 Å². The molecule has 3 aromatic carbocycles. The first-order valence-electron chi connectivity index (χ1n) is 10.8. The molecule has 0 aromatic heterocycles. The first kappa shape index (κ1) is 23.2. The number of carbonyl (C=O) groups is 2. The number of nitrogens with one attached hydrogen (secondary N) is 1. The fourth-order valence-electron chi connectivity index (χ4n) is 3.33. The summed E-state index contributed by atoms with van der Waals surface area (Å²) in [6.07, 6.45) is 0.229. The Morgan fingerprint density at radius 3 is 2.34 bits per heavy atom. The minimum Gasteiger partial charge on any atom is -0.356 e. The standard InChI is InChI=1S/C27H29FN2O2/c1-19(2)17-29-26(31)15-22-6-4-9-25(14-22)30(18-21-12-10-20(3)11-13-21)27(32)23-7-5-8-24(28)16-23/h4-14,16,19H,15,17-18H2,1-3H3,(H,29,31). The number of rotatable bonds is 8. The van der Waals surface area contributed by atoms with Crippen LogP contribution < -0.4 is 10.2 Å². The molecule has 0 spiro atoms. The summed E-state index contributed by atoms with van der Waals surface area (Å²) < 4.78 is 13.8. The van der Waals surface area contributed by atoms with E-state index in [0.717, 1.165) is 16.7 Å². The van der Waals surface area contributed by atoms with Gasteiger partial charge in [-0.05, 0) is 54.3 Å². The van der Waals surface area contributed by atoms with Crippen molar-refractivity contribution in [2.75, 3.05) is 11.4 Å². The number of halogens is 1. The van der Waals surface area contributed by atoms with Gasteiger partial charge in [0.2, 0.25) is 5.91 Å². The lowest BCUT2D eigenvalue weighted by Crippen LogP contribution is -2.31. The van der Waals surface area contributed by atoms with Crippen molar-refractivity contribution in [3.8, 4) is 0 Å². The van der Waals surface area contributed by atoms with E-state index in [1.807, 2.05) is 69.3 Å². The van der Waals surface area contributed by atoms with Gasteiger partial charge in [-0.2, -0.15) is 0 Å². The second-order valence-electron chi connectivity index (χ2n) is 8.43. The lowest BCUT2D eigenvalue weighted by atomic mass is 10.1. The first-order valence-corrected chi connectivity index (χ1v) is 10.8. The second-order valence-corrected chi connectivity index (χ2v) is 8.43. The molecule has 166 valence electrons. The summed E-state index contributed by atoms with van der Waals surface area (Å²) in [6.45, 7) is 7.05. The third-order valence-electron chi connectivity index (χ3n) is 5.07. The van der Waals surface area contributed by atoms with Crippen LogP contribution in [0, 0.1) is 18.7 Å².